The first kappa shape index (κ1) is 15.7. The zero-order valence-electron chi connectivity index (χ0n) is 12.2. The Morgan fingerprint density at radius 1 is 1.17 bits per heavy atom. The van der Waals surface area contributed by atoms with Gasteiger partial charge in [0, 0.05) is 4.47 Å². The molecule has 2 aromatic rings. The van der Waals surface area contributed by atoms with Crippen LogP contribution in [-0.2, 0) is 4.79 Å². The van der Waals surface area contributed by atoms with E-state index in [9.17, 15) is 4.79 Å². The number of amides is 1. The van der Waals surface area contributed by atoms with Gasteiger partial charge in [-0.25, -0.2) is 0 Å². The number of carbonyl (C=O) groups excluding carboxylic acids is 1. The molecule has 120 valence electrons. The van der Waals surface area contributed by atoms with Crippen LogP contribution in [0.1, 0.15) is 5.56 Å². The van der Waals surface area contributed by atoms with Gasteiger partial charge in [-0.2, -0.15) is 0 Å². The third kappa shape index (κ3) is 2.83. The summed E-state index contributed by atoms with van der Waals surface area (Å²) in [5.41, 5.74) is 1.62. The van der Waals surface area contributed by atoms with Gasteiger partial charge in [0.05, 0.1) is 10.6 Å². The molecule has 0 N–H and O–H groups in total. The molecular formula is C17H10BrNO3S2. The van der Waals surface area contributed by atoms with Crippen molar-refractivity contribution in [2.75, 3.05) is 11.7 Å². The molecule has 24 heavy (non-hydrogen) atoms. The minimum absolute atomic E-state index is 0.124. The van der Waals surface area contributed by atoms with Gasteiger partial charge in [0.2, 0.25) is 6.79 Å². The Bertz CT molecular complexity index is 897. The van der Waals surface area contributed by atoms with Crippen molar-refractivity contribution in [3.05, 3.63) is 57.4 Å². The minimum atomic E-state index is -0.124. The predicted octanol–water partition coefficient (Wildman–Crippen LogP) is 4.58. The number of ether oxygens (including phenoxy) is 2. The predicted molar refractivity (Wildman–Crippen MR) is 102 cm³/mol. The van der Waals surface area contributed by atoms with E-state index in [4.69, 9.17) is 21.7 Å². The number of anilines is 1. The first-order chi connectivity index (χ1) is 11.6. The molecule has 7 heteroatoms. The van der Waals surface area contributed by atoms with Gasteiger partial charge in [0.1, 0.15) is 0 Å². The lowest BCUT2D eigenvalue weighted by molar-refractivity contribution is -0.113. The normalized spacial score (nSPS) is 17.9. The number of nitrogens with zero attached hydrogens (tertiary/aromatic N) is 1. The monoisotopic (exact) mass is 419 g/mol. The molecule has 0 aromatic heterocycles. The van der Waals surface area contributed by atoms with Gasteiger partial charge in [0.25, 0.3) is 5.91 Å². The Hall–Kier alpha value is -1.83. The summed E-state index contributed by atoms with van der Waals surface area (Å²) in [6.45, 7) is 0.226. The van der Waals surface area contributed by atoms with Crippen LogP contribution in [0.4, 0.5) is 5.69 Å². The highest BCUT2D eigenvalue weighted by Gasteiger charge is 2.33. The first-order valence-corrected chi connectivity index (χ1v) is 9.07. The van der Waals surface area contributed by atoms with E-state index in [0.717, 1.165) is 15.7 Å². The highest BCUT2D eigenvalue weighted by molar-refractivity contribution is 9.10. The van der Waals surface area contributed by atoms with Crippen molar-refractivity contribution in [3.63, 3.8) is 0 Å². The second-order valence-electron chi connectivity index (χ2n) is 5.11. The van der Waals surface area contributed by atoms with E-state index in [2.05, 4.69) is 15.9 Å². The van der Waals surface area contributed by atoms with Crippen LogP contribution in [0, 0.1) is 0 Å². The summed E-state index contributed by atoms with van der Waals surface area (Å²) in [5.74, 6) is 1.28. The fourth-order valence-electron chi connectivity index (χ4n) is 2.46. The first-order valence-electron chi connectivity index (χ1n) is 7.05. The standard InChI is InChI=1S/C17H10BrNO3S2/c18-11-2-1-3-12(8-11)19-16(20)15(24-17(19)23)7-10-4-5-13-14(6-10)22-9-21-13/h1-8H,9H2/b15-7+. The highest BCUT2D eigenvalue weighted by atomic mass is 79.9. The Morgan fingerprint density at radius 2 is 2.00 bits per heavy atom. The molecule has 1 fully saturated rings. The number of thiocarbonyl (C=S) groups is 1. The lowest BCUT2D eigenvalue weighted by Gasteiger charge is -2.14. The third-order valence-corrected chi connectivity index (χ3v) is 5.35. The van der Waals surface area contributed by atoms with Gasteiger partial charge in [-0.05, 0) is 42.0 Å². The number of hydrogen-bond donors (Lipinski definition) is 0. The van der Waals surface area contributed by atoms with Crippen molar-refractivity contribution in [1.82, 2.24) is 0 Å². The quantitative estimate of drug-likeness (QED) is 0.525. The summed E-state index contributed by atoms with van der Waals surface area (Å²) >= 11 is 10.1. The summed E-state index contributed by atoms with van der Waals surface area (Å²) in [7, 11) is 0. The van der Waals surface area contributed by atoms with Gasteiger partial charge in [-0.15, -0.1) is 0 Å². The number of carbonyl (C=O) groups is 1. The van der Waals surface area contributed by atoms with E-state index < -0.39 is 0 Å². The van der Waals surface area contributed by atoms with Crippen molar-refractivity contribution in [3.8, 4) is 11.5 Å². The van der Waals surface area contributed by atoms with Crippen LogP contribution in [0.15, 0.2) is 51.8 Å². The number of fused-ring (bicyclic) bond motifs is 1. The zero-order valence-corrected chi connectivity index (χ0v) is 15.4. The van der Waals surface area contributed by atoms with E-state index in [1.807, 2.05) is 48.5 Å². The number of hydrogen-bond acceptors (Lipinski definition) is 5. The Kier molecular flexibility index (Phi) is 4.07. The lowest BCUT2D eigenvalue weighted by atomic mass is 10.2. The topological polar surface area (TPSA) is 38.8 Å². The minimum Gasteiger partial charge on any atom is -0.454 e. The molecule has 0 aliphatic carbocycles. The molecule has 0 unspecified atom stereocenters. The van der Waals surface area contributed by atoms with Crippen molar-refractivity contribution in [1.29, 1.82) is 0 Å². The van der Waals surface area contributed by atoms with Gasteiger partial charge >= 0.3 is 0 Å². The van der Waals surface area contributed by atoms with Crippen LogP contribution in [-0.4, -0.2) is 17.0 Å². The van der Waals surface area contributed by atoms with E-state index in [1.165, 1.54) is 11.8 Å². The summed E-state index contributed by atoms with van der Waals surface area (Å²) in [6.07, 6.45) is 1.82. The van der Waals surface area contributed by atoms with Gasteiger partial charge in [-0.1, -0.05) is 52.0 Å². The Morgan fingerprint density at radius 3 is 2.83 bits per heavy atom. The number of rotatable bonds is 2. The lowest BCUT2D eigenvalue weighted by Crippen LogP contribution is -2.27. The Labute approximate surface area is 156 Å². The summed E-state index contributed by atoms with van der Waals surface area (Å²) in [6, 6.07) is 13.1. The molecule has 2 aliphatic rings. The van der Waals surface area contributed by atoms with Crippen LogP contribution >= 0.6 is 39.9 Å². The third-order valence-electron chi connectivity index (χ3n) is 3.55. The van der Waals surface area contributed by atoms with E-state index >= 15 is 0 Å². The SMILES string of the molecule is O=C1/C(=C\c2ccc3c(c2)OCO3)SC(=S)N1c1cccc(Br)c1. The van der Waals surface area contributed by atoms with Crippen LogP contribution < -0.4 is 14.4 Å². The van der Waals surface area contributed by atoms with Crippen molar-refractivity contribution < 1.29 is 14.3 Å². The van der Waals surface area contributed by atoms with E-state index in [0.29, 0.717) is 20.7 Å². The van der Waals surface area contributed by atoms with Gasteiger partial charge in [-0.3, -0.25) is 9.69 Å². The molecular weight excluding hydrogens is 410 g/mol. The molecule has 2 heterocycles. The smallest absolute Gasteiger partial charge is 0.270 e. The maximum Gasteiger partial charge on any atom is 0.270 e. The fraction of sp³-hybridized carbons (Fsp3) is 0.0588. The summed E-state index contributed by atoms with van der Waals surface area (Å²) < 4.78 is 12.1. The van der Waals surface area contributed by atoms with Crippen molar-refractivity contribution in [2.45, 2.75) is 0 Å². The van der Waals surface area contributed by atoms with Crippen LogP contribution in [0.2, 0.25) is 0 Å². The number of benzene rings is 2. The second kappa shape index (κ2) is 6.23. The second-order valence-corrected chi connectivity index (χ2v) is 7.70. The molecule has 4 rings (SSSR count). The van der Waals surface area contributed by atoms with Gasteiger partial charge < -0.3 is 9.47 Å². The molecule has 4 nitrogen and oxygen atoms in total. The van der Waals surface area contributed by atoms with E-state index in [1.54, 1.807) is 4.90 Å². The molecule has 2 aliphatic heterocycles. The number of halogens is 1. The fourth-order valence-corrected chi connectivity index (χ4v) is 4.15. The van der Waals surface area contributed by atoms with Crippen molar-refractivity contribution >= 4 is 61.9 Å². The molecule has 0 bridgehead atoms. The maximum absolute atomic E-state index is 12.7. The largest absolute Gasteiger partial charge is 0.454 e. The van der Waals surface area contributed by atoms with Crippen LogP contribution in [0.25, 0.3) is 6.08 Å². The zero-order chi connectivity index (χ0) is 16.7. The summed E-state index contributed by atoms with van der Waals surface area (Å²) in [4.78, 5) is 14.9. The van der Waals surface area contributed by atoms with Crippen LogP contribution in [0.5, 0.6) is 11.5 Å². The van der Waals surface area contributed by atoms with E-state index in [-0.39, 0.29) is 12.7 Å². The molecule has 1 amide bonds. The highest BCUT2D eigenvalue weighted by Crippen LogP contribution is 2.38. The van der Waals surface area contributed by atoms with Crippen LogP contribution in [0.3, 0.4) is 0 Å². The molecule has 0 saturated carbocycles. The molecule has 0 atom stereocenters. The average molecular weight is 420 g/mol. The van der Waals surface area contributed by atoms with Gasteiger partial charge in [0.15, 0.2) is 15.8 Å². The number of thioether (sulfide) groups is 1. The maximum atomic E-state index is 12.7. The molecule has 2 aromatic carbocycles. The van der Waals surface area contributed by atoms with Crippen molar-refractivity contribution in [2.24, 2.45) is 0 Å². The molecule has 0 radical (unpaired) electrons. The summed E-state index contributed by atoms with van der Waals surface area (Å²) in [5, 5.41) is 0. The average Bonchev–Trinajstić information content (AvgIpc) is 3.12. The molecule has 0 spiro atoms. The molecule has 1 saturated heterocycles. The Balaban J connectivity index is 1.66.